The lowest BCUT2D eigenvalue weighted by Crippen LogP contribution is -2.74. The summed E-state index contributed by atoms with van der Waals surface area (Å²) in [7, 11) is 0. The van der Waals surface area contributed by atoms with Gasteiger partial charge in [-0.2, -0.15) is 0 Å². The summed E-state index contributed by atoms with van der Waals surface area (Å²) in [5.41, 5.74) is 3.54. The van der Waals surface area contributed by atoms with E-state index in [4.69, 9.17) is 39.9 Å². The number of benzene rings is 4. The Morgan fingerprint density at radius 1 is 0.706 bits per heavy atom. The molecule has 8 heteroatoms. The Kier molecular flexibility index (Phi) is 11.2. The van der Waals surface area contributed by atoms with Crippen LogP contribution in [0.4, 0.5) is 0 Å². The highest BCUT2D eigenvalue weighted by Gasteiger charge is 2.65. The van der Waals surface area contributed by atoms with Crippen LogP contribution in [0, 0.1) is 0 Å². The fraction of sp³-hybridized carbons (Fsp3) is 0.442. The van der Waals surface area contributed by atoms with E-state index in [1.807, 2.05) is 54.6 Å². The minimum atomic E-state index is -0.833. The maximum atomic E-state index is 7.59. The summed E-state index contributed by atoms with van der Waals surface area (Å²) in [5, 5.41) is 0.731. The summed E-state index contributed by atoms with van der Waals surface area (Å²) in [6.07, 6.45) is 6.11. The van der Waals surface area contributed by atoms with Gasteiger partial charge in [0.2, 0.25) is 0 Å². The van der Waals surface area contributed by atoms with Gasteiger partial charge < -0.3 is 28.3 Å². The van der Waals surface area contributed by atoms with Gasteiger partial charge in [-0.1, -0.05) is 140 Å². The van der Waals surface area contributed by atoms with E-state index in [0.717, 1.165) is 53.8 Å². The van der Waals surface area contributed by atoms with Crippen molar-refractivity contribution in [2.45, 2.75) is 113 Å². The van der Waals surface area contributed by atoms with Gasteiger partial charge in [0.15, 0.2) is 6.29 Å². The summed E-state index contributed by atoms with van der Waals surface area (Å²) >= 11 is 6.34. The van der Waals surface area contributed by atoms with Crippen molar-refractivity contribution in [1.82, 2.24) is 0 Å². The van der Waals surface area contributed by atoms with Crippen molar-refractivity contribution in [3.05, 3.63) is 143 Å². The molecule has 6 nitrogen and oxygen atoms in total. The maximum absolute atomic E-state index is 7.59. The molecule has 0 amide bonds. The van der Waals surface area contributed by atoms with Crippen LogP contribution >= 0.6 is 11.6 Å². The minimum absolute atomic E-state index is 0.170. The van der Waals surface area contributed by atoms with E-state index in [1.165, 1.54) is 18.4 Å². The molecular weight excluding hydrogens is 659 g/mol. The Bertz CT molecular complexity index is 1650. The number of aryl methyl sites for hydroxylation is 1. The molecular formula is C43H48BClO6. The lowest BCUT2D eigenvalue weighted by atomic mass is 9.39. The third-order valence-corrected chi connectivity index (χ3v) is 11.6. The van der Waals surface area contributed by atoms with Crippen LogP contribution in [0.15, 0.2) is 115 Å². The number of hydrogen-bond donors (Lipinski definition) is 0. The second-order valence-corrected chi connectivity index (χ2v) is 15.1. The largest absolute Gasteiger partial charge is 0.430 e. The molecule has 0 radical (unpaired) electrons. The first-order chi connectivity index (χ1) is 25.1. The number of fused-ring (bicyclic) bond motifs is 4. The van der Waals surface area contributed by atoms with Crippen molar-refractivity contribution in [2.24, 2.45) is 0 Å². The van der Waals surface area contributed by atoms with Crippen LogP contribution in [-0.4, -0.2) is 49.5 Å². The Morgan fingerprint density at radius 3 is 2.00 bits per heavy atom. The van der Waals surface area contributed by atoms with Gasteiger partial charge >= 0.3 is 6.92 Å². The number of hydrogen-bond acceptors (Lipinski definition) is 6. The van der Waals surface area contributed by atoms with Crippen LogP contribution in [0.1, 0.15) is 73.5 Å². The molecule has 4 fully saturated rings. The molecule has 51 heavy (non-hydrogen) atoms. The molecule has 0 saturated carbocycles. The minimum Gasteiger partial charge on any atom is -0.430 e. The van der Waals surface area contributed by atoms with E-state index in [9.17, 15) is 0 Å². The van der Waals surface area contributed by atoms with Crippen molar-refractivity contribution in [1.29, 1.82) is 0 Å². The molecule has 6 atom stereocenters. The molecule has 4 aromatic carbocycles. The van der Waals surface area contributed by atoms with E-state index in [0.29, 0.717) is 32.1 Å². The molecule has 4 aromatic rings. The van der Waals surface area contributed by atoms with Gasteiger partial charge in [0.1, 0.15) is 29.9 Å². The molecule has 2 bridgehead atoms. The molecule has 4 saturated heterocycles. The molecule has 0 aromatic heterocycles. The lowest BCUT2D eigenvalue weighted by Gasteiger charge is -2.57. The molecule has 0 aliphatic carbocycles. The summed E-state index contributed by atoms with van der Waals surface area (Å²) in [5.74, 6) is 0.347. The average molecular weight is 707 g/mol. The predicted molar refractivity (Wildman–Crippen MR) is 200 cm³/mol. The van der Waals surface area contributed by atoms with Crippen molar-refractivity contribution in [3.63, 3.8) is 0 Å². The maximum Gasteiger partial charge on any atom is 0.332 e. The topological polar surface area (TPSA) is 55.4 Å². The zero-order valence-electron chi connectivity index (χ0n) is 29.2. The van der Waals surface area contributed by atoms with E-state index in [1.54, 1.807) is 0 Å². The quantitative estimate of drug-likeness (QED) is 0.145. The first kappa shape index (κ1) is 35.0. The average Bonchev–Trinajstić information content (AvgIpc) is 3.52. The van der Waals surface area contributed by atoms with Gasteiger partial charge in [-0.3, -0.25) is 0 Å². The van der Waals surface area contributed by atoms with Gasteiger partial charge in [-0.05, 0) is 60.3 Å². The number of halogens is 1. The highest BCUT2D eigenvalue weighted by Crippen LogP contribution is 2.50. The van der Waals surface area contributed by atoms with Crippen LogP contribution in [-0.2, 0) is 48.0 Å². The zero-order valence-corrected chi connectivity index (χ0v) is 30.0. The molecule has 1 unspecified atom stereocenters. The Labute approximate surface area is 307 Å². The summed E-state index contributed by atoms with van der Waals surface area (Å²) in [6.45, 7) is 1.05. The van der Waals surface area contributed by atoms with Gasteiger partial charge in [0, 0.05) is 16.7 Å². The van der Waals surface area contributed by atoms with Gasteiger partial charge in [-0.25, -0.2) is 0 Å². The molecule has 266 valence electrons. The third-order valence-electron chi connectivity index (χ3n) is 11.3. The first-order valence-electron chi connectivity index (χ1n) is 18.9. The Balaban J connectivity index is 1.23. The van der Waals surface area contributed by atoms with Crippen LogP contribution in [0.3, 0.4) is 0 Å². The van der Waals surface area contributed by atoms with Crippen LogP contribution in [0.2, 0.25) is 10.8 Å². The van der Waals surface area contributed by atoms with E-state index in [-0.39, 0.29) is 19.1 Å². The molecule has 8 rings (SSSR count). The second kappa shape index (κ2) is 16.3. The predicted octanol–water partition coefficient (Wildman–Crippen LogP) is 9.35. The third kappa shape index (κ3) is 8.01. The monoisotopic (exact) mass is 706 g/mol. The molecule has 4 aliphatic rings. The SMILES string of the molecule is Clc1ccc(CC[C@@]2(B3OC4CCCC3CCC4)O[C@@H]3COC(c4ccccc4)O[C@H]3[C@H](OCc3ccccc3)[C@@H]2OCc2ccccc2)cc1. The normalized spacial score (nSPS) is 30.7. The Hall–Kier alpha value is -3.01. The van der Waals surface area contributed by atoms with Crippen LogP contribution < -0.4 is 0 Å². The van der Waals surface area contributed by atoms with E-state index in [2.05, 4.69) is 60.7 Å². The summed E-state index contributed by atoms with van der Waals surface area (Å²) in [6, 6.07) is 39.1. The highest BCUT2D eigenvalue weighted by atomic mass is 35.5. The zero-order chi connectivity index (χ0) is 34.5. The van der Waals surface area contributed by atoms with Gasteiger partial charge in [-0.15, -0.1) is 0 Å². The van der Waals surface area contributed by atoms with E-state index >= 15 is 0 Å². The molecule has 4 heterocycles. The van der Waals surface area contributed by atoms with Crippen molar-refractivity contribution < 1.29 is 28.3 Å². The van der Waals surface area contributed by atoms with Gasteiger partial charge in [0.05, 0.1) is 19.8 Å². The fourth-order valence-electron chi connectivity index (χ4n) is 8.80. The summed E-state index contributed by atoms with van der Waals surface area (Å²) in [4.78, 5) is 0. The van der Waals surface area contributed by atoms with Crippen LogP contribution in [0.25, 0.3) is 0 Å². The van der Waals surface area contributed by atoms with Gasteiger partial charge in [0.25, 0.3) is 0 Å². The van der Waals surface area contributed by atoms with Crippen molar-refractivity contribution >= 4 is 18.5 Å². The Morgan fingerprint density at radius 2 is 1.33 bits per heavy atom. The van der Waals surface area contributed by atoms with Crippen LogP contribution in [0.5, 0.6) is 0 Å². The molecule has 0 N–H and O–H groups in total. The van der Waals surface area contributed by atoms with Crippen molar-refractivity contribution in [3.8, 4) is 0 Å². The summed E-state index contributed by atoms with van der Waals surface area (Å²) < 4.78 is 42.6. The molecule has 4 aliphatic heterocycles. The number of ether oxygens (including phenoxy) is 5. The number of rotatable bonds is 11. The van der Waals surface area contributed by atoms with Crippen molar-refractivity contribution in [2.75, 3.05) is 6.61 Å². The second-order valence-electron chi connectivity index (χ2n) is 14.7. The fourth-order valence-corrected chi connectivity index (χ4v) is 8.93. The highest BCUT2D eigenvalue weighted by molar-refractivity contribution is 6.57. The molecule has 0 spiro atoms. The van der Waals surface area contributed by atoms with E-state index < -0.39 is 30.1 Å². The first-order valence-corrected chi connectivity index (χ1v) is 19.2. The smallest absolute Gasteiger partial charge is 0.332 e. The lowest BCUT2D eigenvalue weighted by molar-refractivity contribution is -0.351. The standard InChI is InChI=1S/C43H48BClO6/c45-36-24-22-31(23-25-36)26-27-43(44-35-18-10-20-37(51-44)21-11-19-35)41(47-29-33-14-6-2-7-15-33)40(46-28-32-12-4-1-5-13-32)39-38(50-43)30-48-42(49-39)34-16-8-3-9-17-34/h1-9,12-17,22-25,35,37-42H,10-11,18-21,26-30H2/t35?,37?,38-,39-,40+,41+,42?,43-/m1/s1.